The maximum absolute atomic E-state index is 5.54. The molecule has 0 aromatic rings. The summed E-state index contributed by atoms with van der Waals surface area (Å²) in [5.74, 6) is 0. The molecular formula is C23H48O6. The monoisotopic (exact) mass is 420 g/mol. The van der Waals surface area contributed by atoms with Crippen molar-refractivity contribution in [2.45, 2.75) is 71.6 Å². The lowest BCUT2D eigenvalue weighted by molar-refractivity contribution is -0.0169. The predicted octanol–water partition coefficient (Wildman–Crippen LogP) is 4.64. The SMILES string of the molecule is CCCCCCCOCCOCCOCCOCCOCCOCCCCCC. The molecule has 0 spiro atoms. The van der Waals surface area contributed by atoms with Crippen LogP contribution in [-0.4, -0.2) is 79.3 Å². The number of hydrogen-bond donors (Lipinski definition) is 0. The molecule has 0 unspecified atom stereocenters. The average molecular weight is 421 g/mol. The second-order valence-electron chi connectivity index (χ2n) is 7.15. The molecule has 0 radical (unpaired) electrons. The summed E-state index contributed by atoms with van der Waals surface area (Å²) in [4.78, 5) is 0. The minimum atomic E-state index is 0.582. The topological polar surface area (TPSA) is 55.4 Å². The van der Waals surface area contributed by atoms with E-state index in [1.807, 2.05) is 0 Å². The molecule has 176 valence electrons. The fourth-order valence-corrected chi connectivity index (χ4v) is 2.64. The second kappa shape index (κ2) is 27.8. The Labute approximate surface area is 179 Å². The van der Waals surface area contributed by atoms with Crippen molar-refractivity contribution in [3.8, 4) is 0 Å². The molecule has 29 heavy (non-hydrogen) atoms. The van der Waals surface area contributed by atoms with E-state index in [9.17, 15) is 0 Å². The molecule has 0 atom stereocenters. The van der Waals surface area contributed by atoms with Crippen LogP contribution in [-0.2, 0) is 28.4 Å². The fourth-order valence-electron chi connectivity index (χ4n) is 2.64. The Morgan fingerprint density at radius 2 is 0.517 bits per heavy atom. The molecule has 0 fully saturated rings. The third kappa shape index (κ3) is 27.8. The van der Waals surface area contributed by atoms with Crippen molar-refractivity contribution < 1.29 is 28.4 Å². The van der Waals surface area contributed by atoms with Crippen LogP contribution in [0.5, 0.6) is 0 Å². The Bertz CT molecular complexity index is 252. The quantitative estimate of drug-likeness (QED) is 0.190. The molecule has 6 heteroatoms. The summed E-state index contributed by atoms with van der Waals surface area (Å²) >= 11 is 0. The van der Waals surface area contributed by atoms with Gasteiger partial charge in [-0.2, -0.15) is 0 Å². The first kappa shape index (κ1) is 28.8. The molecule has 0 aliphatic rings. The van der Waals surface area contributed by atoms with Gasteiger partial charge in [0.25, 0.3) is 0 Å². The average Bonchev–Trinajstić information content (AvgIpc) is 2.74. The summed E-state index contributed by atoms with van der Waals surface area (Å²) in [5.41, 5.74) is 0. The first-order valence-electron chi connectivity index (χ1n) is 11.9. The summed E-state index contributed by atoms with van der Waals surface area (Å²) in [6.45, 7) is 12.3. The lowest BCUT2D eigenvalue weighted by Gasteiger charge is -2.08. The molecule has 0 N–H and O–H groups in total. The first-order chi connectivity index (χ1) is 14.4. The Balaban J connectivity index is 2.97. The van der Waals surface area contributed by atoms with Crippen LogP contribution in [0.15, 0.2) is 0 Å². The summed E-state index contributed by atoms with van der Waals surface area (Å²) in [7, 11) is 0. The van der Waals surface area contributed by atoms with E-state index in [1.54, 1.807) is 0 Å². The molecule has 0 aliphatic heterocycles. The zero-order chi connectivity index (χ0) is 21.1. The molecule has 0 rings (SSSR count). The van der Waals surface area contributed by atoms with Gasteiger partial charge in [-0.1, -0.05) is 58.8 Å². The van der Waals surface area contributed by atoms with Gasteiger partial charge in [0.1, 0.15) is 0 Å². The zero-order valence-electron chi connectivity index (χ0n) is 19.3. The van der Waals surface area contributed by atoms with Crippen LogP contribution in [0.25, 0.3) is 0 Å². The van der Waals surface area contributed by atoms with Crippen LogP contribution in [0, 0.1) is 0 Å². The molecule has 0 aromatic carbocycles. The molecule has 0 saturated heterocycles. The van der Waals surface area contributed by atoms with Gasteiger partial charge in [0.05, 0.1) is 66.1 Å². The van der Waals surface area contributed by atoms with Gasteiger partial charge < -0.3 is 28.4 Å². The van der Waals surface area contributed by atoms with E-state index in [0.29, 0.717) is 66.1 Å². The van der Waals surface area contributed by atoms with Gasteiger partial charge in [0.2, 0.25) is 0 Å². The van der Waals surface area contributed by atoms with E-state index in [-0.39, 0.29) is 0 Å². The number of rotatable bonds is 26. The third-order valence-electron chi connectivity index (χ3n) is 4.39. The van der Waals surface area contributed by atoms with Crippen molar-refractivity contribution in [3.63, 3.8) is 0 Å². The van der Waals surface area contributed by atoms with E-state index in [4.69, 9.17) is 28.4 Å². The van der Waals surface area contributed by atoms with Crippen LogP contribution in [0.2, 0.25) is 0 Å². The van der Waals surface area contributed by atoms with Gasteiger partial charge in [-0.15, -0.1) is 0 Å². The van der Waals surface area contributed by atoms with Crippen LogP contribution in [0.1, 0.15) is 71.6 Å². The minimum absolute atomic E-state index is 0.582. The summed E-state index contributed by atoms with van der Waals surface area (Å²) in [5, 5.41) is 0. The van der Waals surface area contributed by atoms with Gasteiger partial charge in [-0.05, 0) is 12.8 Å². The van der Waals surface area contributed by atoms with Crippen molar-refractivity contribution in [1.29, 1.82) is 0 Å². The summed E-state index contributed by atoms with van der Waals surface area (Å²) < 4.78 is 32.9. The predicted molar refractivity (Wildman–Crippen MR) is 118 cm³/mol. The number of hydrogen-bond acceptors (Lipinski definition) is 6. The smallest absolute Gasteiger partial charge is 0.0701 e. The first-order valence-corrected chi connectivity index (χ1v) is 11.9. The highest BCUT2D eigenvalue weighted by Crippen LogP contribution is 2.02. The van der Waals surface area contributed by atoms with Crippen LogP contribution in [0.3, 0.4) is 0 Å². The number of unbranched alkanes of at least 4 members (excludes halogenated alkanes) is 7. The van der Waals surface area contributed by atoms with Crippen LogP contribution >= 0.6 is 0 Å². The van der Waals surface area contributed by atoms with E-state index >= 15 is 0 Å². The molecule has 0 bridgehead atoms. The fraction of sp³-hybridized carbons (Fsp3) is 1.00. The van der Waals surface area contributed by atoms with E-state index < -0.39 is 0 Å². The zero-order valence-corrected chi connectivity index (χ0v) is 19.3. The molecular weight excluding hydrogens is 372 g/mol. The molecule has 0 aromatic heterocycles. The maximum Gasteiger partial charge on any atom is 0.0701 e. The Morgan fingerprint density at radius 3 is 0.828 bits per heavy atom. The summed E-state index contributed by atoms with van der Waals surface area (Å²) in [6, 6.07) is 0. The van der Waals surface area contributed by atoms with Crippen LogP contribution < -0.4 is 0 Å². The normalized spacial score (nSPS) is 11.4. The largest absolute Gasteiger partial charge is 0.379 e. The lowest BCUT2D eigenvalue weighted by Crippen LogP contribution is -2.14. The summed E-state index contributed by atoms with van der Waals surface area (Å²) in [6.07, 6.45) is 11.3. The molecule has 6 nitrogen and oxygen atoms in total. The van der Waals surface area contributed by atoms with Crippen molar-refractivity contribution in [1.82, 2.24) is 0 Å². The van der Waals surface area contributed by atoms with Gasteiger partial charge in [0, 0.05) is 13.2 Å². The molecule has 0 saturated carbocycles. The maximum atomic E-state index is 5.54. The minimum Gasteiger partial charge on any atom is -0.379 e. The van der Waals surface area contributed by atoms with Crippen molar-refractivity contribution >= 4 is 0 Å². The lowest BCUT2D eigenvalue weighted by atomic mass is 10.2. The Kier molecular flexibility index (Phi) is 27.5. The highest BCUT2D eigenvalue weighted by atomic mass is 16.6. The van der Waals surface area contributed by atoms with Gasteiger partial charge in [0.15, 0.2) is 0 Å². The molecule has 0 amide bonds. The second-order valence-corrected chi connectivity index (χ2v) is 7.15. The van der Waals surface area contributed by atoms with E-state index in [2.05, 4.69) is 13.8 Å². The van der Waals surface area contributed by atoms with Crippen molar-refractivity contribution in [2.24, 2.45) is 0 Å². The molecule has 0 aliphatic carbocycles. The van der Waals surface area contributed by atoms with Crippen molar-refractivity contribution in [2.75, 3.05) is 79.3 Å². The highest BCUT2D eigenvalue weighted by molar-refractivity contribution is 4.42. The van der Waals surface area contributed by atoms with Crippen LogP contribution in [0.4, 0.5) is 0 Å². The molecule has 0 heterocycles. The highest BCUT2D eigenvalue weighted by Gasteiger charge is 1.95. The van der Waals surface area contributed by atoms with Crippen molar-refractivity contribution in [3.05, 3.63) is 0 Å². The number of ether oxygens (including phenoxy) is 6. The van der Waals surface area contributed by atoms with Gasteiger partial charge >= 0.3 is 0 Å². The van der Waals surface area contributed by atoms with Gasteiger partial charge in [-0.3, -0.25) is 0 Å². The standard InChI is InChI=1S/C23H48O6/c1-3-5-7-9-11-13-25-15-17-27-19-21-29-23-22-28-20-18-26-16-14-24-12-10-8-6-4-2/h3-23H2,1-2H3. The third-order valence-corrected chi connectivity index (χ3v) is 4.39. The Hall–Kier alpha value is -0.240. The van der Waals surface area contributed by atoms with Gasteiger partial charge in [-0.25, -0.2) is 0 Å². The Morgan fingerprint density at radius 1 is 0.276 bits per heavy atom. The van der Waals surface area contributed by atoms with E-state index in [0.717, 1.165) is 26.1 Å². The van der Waals surface area contributed by atoms with E-state index in [1.165, 1.54) is 44.9 Å².